The summed E-state index contributed by atoms with van der Waals surface area (Å²) in [5, 5.41) is 0. The highest BCUT2D eigenvalue weighted by Gasteiger charge is 2.34. The van der Waals surface area contributed by atoms with Crippen LogP contribution in [0, 0.1) is 0 Å². The van der Waals surface area contributed by atoms with Gasteiger partial charge >= 0.3 is 8.56 Å². The monoisotopic (exact) mass is 238 g/mol. The zero-order valence-corrected chi connectivity index (χ0v) is 12.8. The molecule has 0 spiro atoms. The normalized spacial score (nSPS) is 19.6. The Morgan fingerprint density at radius 1 is 1.23 bits per heavy atom. The van der Waals surface area contributed by atoms with Crippen LogP contribution in [0.2, 0.25) is 32.2 Å². The highest BCUT2D eigenvalue weighted by Crippen LogP contribution is 2.24. The molecule has 0 bridgehead atoms. The SMILES string of the molecule is CC[Si](C)(OC)OC(P)[Si](C)(C)C. The molecule has 3 atom stereocenters. The molecule has 0 rings (SSSR count). The minimum atomic E-state index is -1.86. The zero-order chi connectivity index (χ0) is 10.7. The Balaban J connectivity index is 4.25. The van der Waals surface area contributed by atoms with Gasteiger partial charge in [-0.3, -0.25) is 0 Å². The Bertz CT molecular complexity index is 155. The predicted octanol–water partition coefficient (Wildman–Crippen LogP) is 2.82. The van der Waals surface area contributed by atoms with Crippen LogP contribution in [0.25, 0.3) is 0 Å². The third-order valence-corrected chi connectivity index (χ3v) is 10.7. The molecule has 0 aliphatic rings. The lowest BCUT2D eigenvalue weighted by Crippen LogP contribution is -2.46. The highest BCUT2D eigenvalue weighted by molar-refractivity contribution is 7.24. The molecular weight excluding hydrogens is 215 g/mol. The van der Waals surface area contributed by atoms with Gasteiger partial charge in [0.1, 0.15) is 0 Å². The Morgan fingerprint density at radius 2 is 1.69 bits per heavy atom. The molecule has 80 valence electrons. The Morgan fingerprint density at radius 3 is 1.92 bits per heavy atom. The van der Waals surface area contributed by atoms with E-state index in [1.54, 1.807) is 7.11 Å². The van der Waals surface area contributed by atoms with E-state index >= 15 is 0 Å². The molecule has 0 aromatic heterocycles. The summed E-state index contributed by atoms with van der Waals surface area (Å²) in [6.07, 6.45) is 0. The van der Waals surface area contributed by atoms with Crippen LogP contribution < -0.4 is 0 Å². The number of hydrogen-bond donors (Lipinski definition) is 0. The van der Waals surface area contributed by atoms with Gasteiger partial charge < -0.3 is 8.85 Å². The van der Waals surface area contributed by atoms with Crippen LogP contribution in [0.5, 0.6) is 0 Å². The second kappa shape index (κ2) is 5.03. The topological polar surface area (TPSA) is 18.5 Å². The molecule has 13 heavy (non-hydrogen) atoms. The Hall–Kier alpha value is 0.784. The summed E-state index contributed by atoms with van der Waals surface area (Å²) >= 11 is 0. The first-order valence-corrected chi connectivity index (χ1v) is 11.5. The summed E-state index contributed by atoms with van der Waals surface area (Å²) in [5.41, 5.74) is 0.309. The fourth-order valence-electron chi connectivity index (χ4n) is 0.721. The fraction of sp³-hybridized carbons (Fsp3) is 1.00. The second-order valence-electron chi connectivity index (χ2n) is 4.60. The predicted molar refractivity (Wildman–Crippen MR) is 67.0 cm³/mol. The van der Waals surface area contributed by atoms with E-state index in [9.17, 15) is 0 Å². The van der Waals surface area contributed by atoms with E-state index < -0.39 is 16.6 Å². The van der Waals surface area contributed by atoms with Gasteiger partial charge in [-0.05, 0) is 12.6 Å². The molecule has 0 aliphatic heterocycles. The molecule has 0 N–H and O–H groups in total. The standard InChI is InChI=1S/C8H23O2PSi2/c1-7-13(6,9-2)10-8(11)12(3,4)5/h8H,7,11H2,1-6H3. The number of rotatable bonds is 5. The van der Waals surface area contributed by atoms with Gasteiger partial charge in [0.25, 0.3) is 0 Å². The quantitative estimate of drug-likeness (QED) is 0.542. The van der Waals surface area contributed by atoms with Crippen molar-refractivity contribution in [2.45, 2.75) is 44.6 Å². The maximum atomic E-state index is 6.04. The summed E-state index contributed by atoms with van der Waals surface area (Å²) < 4.78 is 11.5. The van der Waals surface area contributed by atoms with Crippen LogP contribution in [0.3, 0.4) is 0 Å². The molecule has 3 unspecified atom stereocenters. The lowest BCUT2D eigenvalue weighted by atomic mass is 11.0. The van der Waals surface area contributed by atoms with Crippen molar-refractivity contribution in [2.75, 3.05) is 7.11 Å². The smallest absolute Gasteiger partial charge is 0.334 e. The van der Waals surface area contributed by atoms with Crippen molar-refractivity contribution in [3.05, 3.63) is 0 Å². The zero-order valence-electron chi connectivity index (χ0n) is 9.68. The molecule has 2 nitrogen and oxygen atoms in total. The summed E-state index contributed by atoms with van der Waals surface area (Å²) in [6, 6.07) is 1.01. The van der Waals surface area contributed by atoms with Gasteiger partial charge in [-0.1, -0.05) is 26.6 Å². The van der Waals surface area contributed by atoms with Crippen molar-refractivity contribution < 1.29 is 8.85 Å². The molecule has 0 heterocycles. The van der Waals surface area contributed by atoms with E-state index in [2.05, 4.69) is 42.4 Å². The van der Waals surface area contributed by atoms with Crippen molar-refractivity contribution in [3.63, 3.8) is 0 Å². The molecule has 0 aliphatic carbocycles. The van der Waals surface area contributed by atoms with Gasteiger partial charge in [0.05, 0.1) is 13.5 Å². The van der Waals surface area contributed by atoms with E-state index in [0.717, 1.165) is 6.04 Å². The molecule has 0 amide bonds. The lowest BCUT2D eigenvalue weighted by molar-refractivity contribution is 0.220. The molecule has 0 saturated heterocycles. The van der Waals surface area contributed by atoms with Crippen molar-refractivity contribution in [2.24, 2.45) is 0 Å². The van der Waals surface area contributed by atoms with E-state index in [1.165, 1.54) is 0 Å². The molecule has 0 aromatic rings. The van der Waals surface area contributed by atoms with Crippen molar-refractivity contribution in [1.29, 1.82) is 0 Å². The first-order chi connectivity index (χ1) is 5.75. The number of hydrogen-bond acceptors (Lipinski definition) is 2. The van der Waals surface area contributed by atoms with E-state index in [0.29, 0.717) is 5.47 Å². The van der Waals surface area contributed by atoms with E-state index in [1.807, 2.05) is 0 Å². The first-order valence-electron chi connectivity index (χ1n) is 4.73. The second-order valence-corrected chi connectivity index (χ2v) is 14.8. The van der Waals surface area contributed by atoms with Gasteiger partial charge in [-0.25, -0.2) is 0 Å². The summed E-state index contributed by atoms with van der Waals surface area (Å²) in [4.78, 5) is 0. The minimum Gasteiger partial charge on any atom is -0.398 e. The van der Waals surface area contributed by atoms with Crippen molar-refractivity contribution >= 4 is 25.9 Å². The van der Waals surface area contributed by atoms with E-state index in [-0.39, 0.29) is 0 Å². The Kier molecular flexibility index (Phi) is 5.33. The average molecular weight is 238 g/mol. The Labute approximate surface area is 86.9 Å². The molecule has 0 fully saturated rings. The molecule has 5 heteroatoms. The summed E-state index contributed by atoms with van der Waals surface area (Å²) in [6.45, 7) is 11.2. The van der Waals surface area contributed by atoms with Gasteiger partial charge in [0, 0.05) is 7.11 Å². The maximum Gasteiger partial charge on any atom is 0.334 e. The highest BCUT2D eigenvalue weighted by atomic mass is 31.0. The van der Waals surface area contributed by atoms with Crippen LogP contribution in [-0.4, -0.2) is 29.2 Å². The third kappa shape index (κ3) is 4.70. The third-order valence-electron chi connectivity index (χ3n) is 2.30. The molecular formula is C8H23O2PSi2. The van der Waals surface area contributed by atoms with Gasteiger partial charge in [-0.2, -0.15) is 0 Å². The average Bonchev–Trinajstić information content (AvgIpc) is 2.02. The largest absolute Gasteiger partial charge is 0.398 e. The van der Waals surface area contributed by atoms with Crippen LogP contribution in [0.15, 0.2) is 0 Å². The summed E-state index contributed by atoms with van der Waals surface area (Å²) in [5.74, 6) is 0. The van der Waals surface area contributed by atoms with Gasteiger partial charge in [-0.15, -0.1) is 9.24 Å². The fourth-order valence-corrected chi connectivity index (χ4v) is 4.84. The first kappa shape index (κ1) is 13.8. The van der Waals surface area contributed by atoms with Crippen molar-refractivity contribution in [1.82, 2.24) is 0 Å². The summed E-state index contributed by atoms with van der Waals surface area (Å²) in [7, 11) is 1.52. The molecule has 0 saturated carbocycles. The van der Waals surface area contributed by atoms with Crippen LogP contribution in [0.4, 0.5) is 0 Å². The maximum absolute atomic E-state index is 6.04. The molecule has 0 aromatic carbocycles. The van der Waals surface area contributed by atoms with Crippen LogP contribution in [-0.2, 0) is 8.85 Å². The van der Waals surface area contributed by atoms with E-state index in [4.69, 9.17) is 8.85 Å². The van der Waals surface area contributed by atoms with Crippen LogP contribution >= 0.6 is 9.24 Å². The van der Waals surface area contributed by atoms with Crippen molar-refractivity contribution in [3.8, 4) is 0 Å². The van der Waals surface area contributed by atoms with Gasteiger partial charge in [0.2, 0.25) is 0 Å². The molecule has 0 radical (unpaired) electrons. The van der Waals surface area contributed by atoms with Gasteiger partial charge in [0.15, 0.2) is 0 Å². The lowest BCUT2D eigenvalue weighted by Gasteiger charge is -2.33. The van der Waals surface area contributed by atoms with Crippen LogP contribution in [0.1, 0.15) is 6.92 Å². The minimum absolute atomic E-state index is 0.309.